The van der Waals surface area contributed by atoms with E-state index in [4.69, 9.17) is 10.5 Å². The SMILES string of the molecule is NCc1ccc(OCC(F)(F)I)nc1. The number of aromatic nitrogens is 1. The van der Waals surface area contributed by atoms with Gasteiger partial charge < -0.3 is 10.5 Å². The van der Waals surface area contributed by atoms with Gasteiger partial charge in [-0.25, -0.2) is 4.98 Å². The van der Waals surface area contributed by atoms with Gasteiger partial charge in [0.05, 0.1) is 0 Å². The summed E-state index contributed by atoms with van der Waals surface area (Å²) in [7, 11) is 0. The lowest BCUT2D eigenvalue weighted by Crippen LogP contribution is -2.17. The van der Waals surface area contributed by atoms with Crippen molar-refractivity contribution >= 4 is 22.6 Å². The molecule has 1 heterocycles. The van der Waals surface area contributed by atoms with Gasteiger partial charge in [-0.3, -0.25) is 0 Å². The maximum Gasteiger partial charge on any atom is 0.329 e. The average Bonchev–Trinajstić information content (AvgIpc) is 2.14. The number of rotatable bonds is 4. The summed E-state index contributed by atoms with van der Waals surface area (Å²) in [6.45, 7) is -0.307. The Morgan fingerprint density at radius 1 is 1.50 bits per heavy atom. The first kappa shape index (κ1) is 11.6. The summed E-state index contributed by atoms with van der Waals surface area (Å²) >= 11 is 1.01. The van der Waals surface area contributed by atoms with Crippen LogP contribution in [0.2, 0.25) is 0 Å². The Hall–Kier alpha value is -0.500. The number of pyridine rings is 1. The normalized spacial score (nSPS) is 11.4. The molecule has 0 atom stereocenters. The molecule has 0 radical (unpaired) electrons. The monoisotopic (exact) mass is 314 g/mol. The van der Waals surface area contributed by atoms with E-state index in [1.807, 2.05) is 0 Å². The van der Waals surface area contributed by atoms with Crippen molar-refractivity contribution in [3.05, 3.63) is 23.9 Å². The second-order valence-electron chi connectivity index (χ2n) is 2.61. The molecule has 0 saturated heterocycles. The molecule has 1 rings (SSSR count). The molecule has 14 heavy (non-hydrogen) atoms. The molecule has 0 aliphatic carbocycles. The van der Waals surface area contributed by atoms with Gasteiger partial charge in [0.25, 0.3) is 0 Å². The van der Waals surface area contributed by atoms with Gasteiger partial charge in [0.1, 0.15) is 0 Å². The number of ether oxygens (including phenoxy) is 1. The van der Waals surface area contributed by atoms with E-state index in [9.17, 15) is 8.78 Å². The molecule has 0 aromatic carbocycles. The van der Waals surface area contributed by atoms with Gasteiger partial charge in [-0.15, -0.1) is 0 Å². The van der Waals surface area contributed by atoms with Crippen LogP contribution < -0.4 is 10.5 Å². The molecule has 0 aliphatic heterocycles. The first-order chi connectivity index (χ1) is 6.51. The smallest absolute Gasteiger partial charge is 0.329 e. The fourth-order valence-electron chi connectivity index (χ4n) is 0.773. The van der Waals surface area contributed by atoms with E-state index in [1.165, 1.54) is 12.3 Å². The zero-order valence-corrected chi connectivity index (χ0v) is 9.37. The molecule has 1 aromatic heterocycles. The van der Waals surface area contributed by atoms with Gasteiger partial charge in [-0.05, 0) is 5.56 Å². The Bertz CT molecular complexity index is 286. The van der Waals surface area contributed by atoms with Crippen molar-refractivity contribution in [2.75, 3.05) is 6.61 Å². The Labute approximate surface area is 93.8 Å². The highest BCUT2D eigenvalue weighted by Crippen LogP contribution is 2.23. The largest absolute Gasteiger partial charge is 0.470 e. The number of nitrogens with two attached hydrogens (primary N) is 1. The third kappa shape index (κ3) is 4.14. The molecule has 1 aromatic rings. The lowest BCUT2D eigenvalue weighted by atomic mass is 10.3. The second-order valence-corrected chi connectivity index (χ2v) is 4.19. The zero-order chi connectivity index (χ0) is 10.6. The second kappa shape index (κ2) is 4.83. The highest BCUT2D eigenvalue weighted by atomic mass is 127. The maximum absolute atomic E-state index is 12.4. The van der Waals surface area contributed by atoms with Crippen molar-refractivity contribution in [3.8, 4) is 5.88 Å². The predicted octanol–water partition coefficient (Wildman–Crippen LogP) is 1.95. The van der Waals surface area contributed by atoms with Crippen molar-refractivity contribution in [1.82, 2.24) is 4.98 Å². The molecular formula is C8H9F2IN2O. The molecule has 0 amide bonds. The molecule has 78 valence electrons. The standard InChI is InChI=1S/C8H9F2IN2O/c9-8(10,11)5-14-7-2-1-6(3-12)4-13-7/h1-2,4H,3,5,12H2. The first-order valence-corrected chi connectivity index (χ1v) is 4.94. The van der Waals surface area contributed by atoms with Crippen LogP contribution in [0.25, 0.3) is 0 Å². The number of halogens is 3. The Balaban J connectivity index is 2.52. The molecule has 0 aliphatic rings. The van der Waals surface area contributed by atoms with E-state index in [-0.39, 0.29) is 5.88 Å². The maximum atomic E-state index is 12.4. The van der Waals surface area contributed by atoms with Crippen molar-refractivity contribution in [1.29, 1.82) is 0 Å². The van der Waals surface area contributed by atoms with Crippen LogP contribution in [0.15, 0.2) is 18.3 Å². The lowest BCUT2D eigenvalue weighted by Gasteiger charge is -2.09. The van der Waals surface area contributed by atoms with Crippen molar-refractivity contribution in [2.45, 2.75) is 10.5 Å². The van der Waals surface area contributed by atoms with Gasteiger partial charge in [-0.2, -0.15) is 8.78 Å². The molecule has 0 unspecified atom stereocenters. The molecule has 0 fully saturated rings. The van der Waals surface area contributed by atoms with Gasteiger partial charge in [0.2, 0.25) is 5.88 Å². The summed E-state index contributed by atoms with van der Waals surface area (Å²) in [5.74, 6) is 0.179. The van der Waals surface area contributed by atoms with Crippen LogP contribution in [-0.4, -0.2) is 15.5 Å². The van der Waals surface area contributed by atoms with Crippen LogP contribution >= 0.6 is 22.6 Å². The van der Waals surface area contributed by atoms with Crippen LogP contribution in [0.3, 0.4) is 0 Å². The van der Waals surface area contributed by atoms with E-state index in [1.54, 1.807) is 6.07 Å². The van der Waals surface area contributed by atoms with E-state index in [0.717, 1.165) is 28.2 Å². The quantitative estimate of drug-likeness (QED) is 0.682. The summed E-state index contributed by atoms with van der Waals surface area (Å²) in [4.78, 5) is 3.81. The summed E-state index contributed by atoms with van der Waals surface area (Å²) in [5, 5.41) is 0. The highest BCUT2D eigenvalue weighted by Gasteiger charge is 2.24. The van der Waals surface area contributed by atoms with Crippen LogP contribution in [0, 0.1) is 0 Å². The van der Waals surface area contributed by atoms with Crippen LogP contribution in [-0.2, 0) is 6.54 Å². The minimum absolute atomic E-state index is 0.179. The Morgan fingerprint density at radius 3 is 2.64 bits per heavy atom. The van der Waals surface area contributed by atoms with E-state index in [0.29, 0.717) is 6.54 Å². The molecular weight excluding hydrogens is 305 g/mol. The molecule has 6 heteroatoms. The summed E-state index contributed by atoms with van der Waals surface area (Å²) in [5.41, 5.74) is 6.17. The molecule has 0 bridgehead atoms. The molecule has 0 spiro atoms. The summed E-state index contributed by atoms with van der Waals surface area (Å²) < 4.78 is 26.6. The summed E-state index contributed by atoms with van der Waals surface area (Å²) in [6.07, 6.45) is 1.50. The summed E-state index contributed by atoms with van der Waals surface area (Å²) in [6, 6.07) is 3.21. The van der Waals surface area contributed by atoms with E-state index >= 15 is 0 Å². The number of alkyl halides is 3. The Morgan fingerprint density at radius 2 is 2.21 bits per heavy atom. The van der Waals surface area contributed by atoms with Gasteiger partial charge in [0, 0.05) is 41.4 Å². The van der Waals surface area contributed by atoms with E-state index in [2.05, 4.69) is 4.98 Å². The van der Waals surface area contributed by atoms with Crippen molar-refractivity contribution in [3.63, 3.8) is 0 Å². The number of nitrogens with zero attached hydrogens (tertiary/aromatic N) is 1. The molecule has 3 nitrogen and oxygen atoms in total. The van der Waals surface area contributed by atoms with Crippen LogP contribution in [0.5, 0.6) is 5.88 Å². The lowest BCUT2D eigenvalue weighted by molar-refractivity contribution is 0.0626. The third-order valence-electron chi connectivity index (χ3n) is 1.42. The zero-order valence-electron chi connectivity index (χ0n) is 7.21. The Kier molecular flexibility index (Phi) is 3.99. The fourth-order valence-corrected chi connectivity index (χ4v) is 0.929. The first-order valence-electron chi connectivity index (χ1n) is 3.86. The molecule has 0 saturated carbocycles. The highest BCUT2D eigenvalue weighted by molar-refractivity contribution is 14.1. The third-order valence-corrected chi connectivity index (χ3v) is 1.73. The number of hydrogen-bond acceptors (Lipinski definition) is 3. The van der Waals surface area contributed by atoms with Gasteiger partial charge >= 0.3 is 3.93 Å². The fraction of sp³-hybridized carbons (Fsp3) is 0.375. The minimum Gasteiger partial charge on any atom is -0.470 e. The number of hydrogen-bond donors (Lipinski definition) is 1. The predicted molar refractivity (Wildman–Crippen MR) is 56.6 cm³/mol. The van der Waals surface area contributed by atoms with Gasteiger partial charge in [0.15, 0.2) is 6.61 Å². The van der Waals surface area contributed by atoms with Crippen molar-refractivity contribution < 1.29 is 13.5 Å². The average molecular weight is 314 g/mol. The van der Waals surface area contributed by atoms with Crippen LogP contribution in [0.4, 0.5) is 8.78 Å². The van der Waals surface area contributed by atoms with Crippen LogP contribution in [0.1, 0.15) is 5.56 Å². The molecule has 2 N–H and O–H groups in total. The van der Waals surface area contributed by atoms with E-state index < -0.39 is 10.5 Å². The minimum atomic E-state index is -2.87. The van der Waals surface area contributed by atoms with Gasteiger partial charge in [-0.1, -0.05) is 6.07 Å². The van der Waals surface area contributed by atoms with Crippen molar-refractivity contribution in [2.24, 2.45) is 5.73 Å². The topological polar surface area (TPSA) is 48.1 Å².